The normalized spacial score (nSPS) is 11.4. The molecule has 2 aromatic heterocycles. The van der Waals surface area contributed by atoms with Gasteiger partial charge in [-0.3, -0.25) is 0 Å². The summed E-state index contributed by atoms with van der Waals surface area (Å²) < 4.78 is 10.3. The zero-order valence-corrected chi connectivity index (χ0v) is 6.65. The van der Waals surface area contributed by atoms with Gasteiger partial charge in [-0.2, -0.15) is 0 Å². The maximum absolute atomic E-state index is 9.73. The number of phenolic OH excluding ortho intramolecular Hbond substituents is 1. The van der Waals surface area contributed by atoms with E-state index in [0.717, 1.165) is 5.39 Å². The van der Waals surface area contributed by atoms with Gasteiger partial charge < -0.3 is 13.9 Å². The van der Waals surface area contributed by atoms with Crippen LogP contribution in [0.2, 0.25) is 0 Å². The fourth-order valence-electron chi connectivity index (χ4n) is 1.52. The molecule has 3 nitrogen and oxygen atoms in total. The quantitative estimate of drug-likeness (QED) is 0.570. The van der Waals surface area contributed by atoms with Crippen molar-refractivity contribution in [1.82, 2.24) is 0 Å². The summed E-state index contributed by atoms with van der Waals surface area (Å²) in [6.07, 6.45) is 3.09. The summed E-state index contributed by atoms with van der Waals surface area (Å²) in [4.78, 5) is 0. The molecule has 3 aromatic rings. The molecule has 0 aliphatic heterocycles. The molecular formula is C10H6O3. The van der Waals surface area contributed by atoms with E-state index in [9.17, 15) is 5.11 Å². The van der Waals surface area contributed by atoms with Crippen molar-refractivity contribution >= 4 is 21.9 Å². The molecule has 0 radical (unpaired) electrons. The van der Waals surface area contributed by atoms with Crippen molar-refractivity contribution < 1.29 is 13.9 Å². The lowest BCUT2D eigenvalue weighted by atomic mass is 10.2. The van der Waals surface area contributed by atoms with Gasteiger partial charge in [0.25, 0.3) is 0 Å². The Bertz CT molecular complexity index is 525. The highest BCUT2D eigenvalue weighted by atomic mass is 16.4. The van der Waals surface area contributed by atoms with Gasteiger partial charge in [0.1, 0.15) is 5.58 Å². The Labute approximate surface area is 73.2 Å². The monoisotopic (exact) mass is 174 g/mol. The van der Waals surface area contributed by atoms with E-state index in [4.69, 9.17) is 8.83 Å². The highest BCUT2D eigenvalue weighted by Gasteiger charge is 2.10. The molecule has 0 saturated heterocycles. The topological polar surface area (TPSA) is 46.5 Å². The minimum Gasteiger partial charge on any atom is -0.504 e. The summed E-state index contributed by atoms with van der Waals surface area (Å²) in [5.41, 5.74) is 1.18. The van der Waals surface area contributed by atoms with Crippen molar-refractivity contribution in [3.05, 3.63) is 30.7 Å². The van der Waals surface area contributed by atoms with Crippen molar-refractivity contribution in [3.63, 3.8) is 0 Å². The second-order valence-electron chi connectivity index (χ2n) is 2.90. The predicted molar refractivity (Wildman–Crippen MR) is 47.7 cm³/mol. The molecule has 0 saturated carbocycles. The molecule has 1 N–H and O–H groups in total. The first kappa shape index (κ1) is 6.60. The Morgan fingerprint density at radius 2 is 1.92 bits per heavy atom. The molecule has 0 amide bonds. The standard InChI is InChI=1S/C10H6O3/c11-9-7-2-4-12-8(7)5-6-1-3-13-10(6)9/h1-5,11H. The number of aromatic hydroxyl groups is 1. The Morgan fingerprint density at radius 1 is 1.08 bits per heavy atom. The van der Waals surface area contributed by atoms with Gasteiger partial charge in [0.05, 0.1) is 17.9 Å². The van der Waals surface area contributed by atoms with Crippen LogP contribution in [0.5, 0.6) is 5.75 Å². The lowest BCUT2D eigenvalue weighted by Crippen LogP contribution is -1.69. The first-order valence-corrected chi connectivity index (χ1v) is 3.92. The smallest absolute Gasteiger partial charge is 0.176 e. The second kappa shape index (κ2) is 2.07. The number of furan rings is 2. The van der Waals surface area contributed by atoms with Gasteiger partial charge in [-0.15, -0.1) is 0 Å². The van der Waals surface area contributed by atoms with Crippen LogP contribution in [-0.2, 0) is 0 Å². The SMILES string of the molecule is Oc1c2ccoc2cc2ccoc12. The Hall–Kier alpha value is -1.90. The molecule has 0 aliphatic carbocycles. The third-order valence-corrected chi connectivity index (χ3v) is 2.15. The largest absolute Gasteiger partial charge is 0.504 e. The third-order valence-electron chi connectivity index (χ3n) is 2.15. The van der Waals surface area contributed by atoms with Crippen LogP contribution in [0.1, 0.15) is 0 Å². The van der Waals surface area contributed by atoms with E-state index in [-0.39, 0.29) is 5.75 Å². The van der Waals surface area contributed by atoms with E-state index < -0.39 is 0 Å². The molecule has 0 unspecified atom stereocenters. The van der Waals surface area contributed by atoms with Gasteiger partial charge in [0.2, 0.25) is 0 Å². The number of phenols is 1. The molecule has 0 bridgehead atoms. The predicted octanol–water partition coefficient (Wildman–Crippen LogP) is 2.88. The molecule has 2 heterocycles. The summed E-state index contributed by atoms with van der Waals surface area (Å²) >= 11 is 0. The summed E-state index contributed by atoms with van der Waals surface area (Å²) in [7, 11) is 0. The number of hydrogen-bond donors (Lipinski definition) is 1. The van der Waals surface area contributed by atoms with E-state index in [1.165, 1.54) is 0 Å². The van der Waals surface area contributed by atoms with Gasteiger partial charge in [-0.05, 0) is 18.2 Å². The summed E-state index contributed by atoms with van der Waals surface area (Å²) in [6, 6.07) is 5.34. The average molecular weight is 174 g/mol. The van der Waals surface area contributed by atoms with Crippen LogP contribution in [0.25, 0.3) is 21.9 Å². The van der Waals surface area contributed by atoms with E-state index in [2.05, 4.69) is 0 Å². The molecule has 3 rings (SSSR count). The molecule has 64 valence electrons. The molecule has 13 heavy (non-hydrogen) atoms. The maximum atomic E-state index is 9.73. The van der Waals surface area contributed by atoms with E-state index in [1.807, 2.05) is 6.07 Å². The van der Waals surface area contributed by atoms with Gasteiger partial charge in [-0.25, -0.2) is 0 Å². The van der Waals surface area contributed by atoms with E-state index >= 15 is 0 Å². The zero-order chi connectivity index (χ0) is 8.84. The first-order valence-electron chi connectivity index (χ1n) is 3.92. The molecule has 0 spiro atoms. The minimum atomic E-state index is 0.145. The van der Waals surface area contributed by atoms with Crippen LogP contribution < -0.4 is 0 Å². The van der Waals surface area contributed by atoms with Crippen molar-refractivity contribution in [2.45, 2.75) is 0 Å². The van der Waals surface area contributed by atoms with Crippen molar-refractivity contribution in [3.8, 4) is 5.75 Å². The Morgan fingerprint density at radius 3 is 2.85 bits per heavy atom. The molecule has 1 aromatic carbocycles. The number of rotatable bonds is 0. The fraction of sp³-hybridized carbons (Fsp3) is 0. The number of benzene rings is 1. The van der Waals surface area contributed by atoms with Crippen LogP contribution in [0.15, 0.2) is 39.6 Å². The molecule has 0 fully saturated rings. The van der Waals surface area contributed by atoms with Gasteiger partial charge >= 0.3 is 0 Å². The van der Waals surface area contributed by atoms with E-state index in [1.54, 1.807) is 24.7 Å². The second-order valence-corrected chi connectivity index (χ2v) is 2.90. The van der Waals surface area contributed by atoms with Crippen LogP contribution in [0.3, 0.4) is 0 Å². The molecule has 0 aliphatic rings. The van der Waals surface area contributed by atoms with Crippen LogP contribution in [-0.4, -0.2) is 5.11 Å². The lowest BCUT2D eigenvalue weighted by molar-refractivity contribution is 0.470. The molecular weight excluding hydrogens is 168 g/mol. The third kappa shape index (κ3) is 0.731. The van der Waals surface area contributed by atoms with Crippen LogP contribution in [0.4, 0.5) is 0 Å². The first-order chi connectivity index (χ1) is 6.36. The molecule has 3 heteroatoms. The van der Waals surface area contributed by atoms with Gasteiger partial charge in [0, 0.05) is 5.39 Å². The average Bonchev–Trinajstić information content (AvgIpc) is 2.71. The van der Waals surface area contributed by atoms with Crippen molar-refractivity contribution in [2.75, 3.05) is 0 Å². The van der Waals surface area contributed by atoms with E-state index in [0.29, 0.717) is 16.6 Å². The Balaban J connectivity index is 2.67. The van der Waals surface area contributed by atoms with Gasteiger partial charge in [-0.1, -0.05) is 0 Å². The summed E-state index contributed by atoms with van der Waals surface area (Å²) in [6.45, 7) is 0. The highest BCUT2D eigenvalue weighted by Crippen LogP contribution is 2.34. The minimum absolute atomic E-state index is 0.145. The van der Waals surface area contributed by atoms with Crippen molar-refractivity contribution in [1.29, 1.82) is 0 Å². The van der Waals surface area contributed by atoms with Crippen LogP contribution >= 0.6 is 0 Å². The lowest BCUT2D eigenvalue weighted by Gasteiger charge is -1.94. The fourth-order valence-corrected chi connectivity index (χ4v) is 1.52. The summed E-state index contributed by atoms with van der Waals surface area (Å²) in [5, 5.41) is 11.3. The highest BCUT2D eigenvalue weighted by molar-refractivity contribution is 6.00. The Kier molecular flexibility index (Phi) is 1.05. The zero-order valence-electron chi connectivity index (χ0n) is 6.65. The maximum Gasteiger partial charge on any atom is 0.176 e. The van der Waals surface area contributed by atoms with Gasteiger partial charge in [0.15, 0.2) is 11.3 Å². The molecule has 0 atom stereocenters. The number of hydrogen-bond acceptors (Lipinski definition) is 3. The van der Waals surface area contributed by atoms with Crippen LogP contribution in [0, 0.1) is 0 Å². The van der Waals surface area contributed by atoms with Crippen molar-refractivity contribution in [2.24, 2.45) is 0 Å². The summed E-state index contributed by atoms with van der Waals surface area (Å²) in [5.74, 6) is 0.145. The number of fused-ring (bicyclic) bond motifs is 2.